The Kier molecular flexibility index (Phi) is 6.35. The number of hydrogen-bond donors (Lipinski definition) is 1. The summed E-state index contributed by atoms with van der Waals surface area (Å²) in [6, 6.07) is 11.1. The van der Waals surface area contributed by atoms with E-state index >= 15 is 0 Å². The van der Waals surface area contributed by atoms with E-state index < -0.39 is 0 Å². The second-order valence-corrected chi connectivity index (χ2v) is 8.43. The molecule has 4 rings (SSSR count). The minimum Gasteiger partial charge on any atom is -0.487 e. The molecule has 0 unspecified atom stereocenters. The van der Waals surface area contributed by atoms with Crippen molar-refractivity contribution < 1.29 is 19.0 Å². The molecule has 0 bridgehead atoms. The molecule has 1 aliphatic rings. The quantitative estimate of drug-likeness (QED) is 0.483. The Morgan fingerprint density at radius 2 is 1.97 bits per heavy atom. The Bertz CT molecular complexity index is 1080. The molecule has 0 atom stereocenters. The Balaban J connectivity index is 1.33. The van der Waals surface area contributed by atoms with Crippen LogP contribution in [-0.4, -0.2) is 24.1 Å². The molecule has 154 valence electrons. The number of fused-ring (bicyclic) bond motifs is 1. The van der Waals surface area contributed by atoms with Crippen LogP contribution in [-0.2, 0) is 11.4 Å². The van der Waals surface area contributed by atoms with Gasteiger partial charge in [-0.25, -0.2) is 4.98 Å². The molecule has 2 aromatic carbocycles. The fourth-order valence-corrected chi connectivity index (χ4v) is 3.83. The summed E-state index contributed by atoms with van der Waals surface area (Å²) < 4.78 is 17.6. The predicted octanol–water partition coefficient (Wildman–Crippen LogP) is 5.22. The van der Waals surface area contributed by atoms with Crippen LogP contribution < -0.4 is 19.5 Å². The number of nitrogens with one attached hydrogen (secondary N) is 1. The molecule has 0 spiro atoms. The van der Waals surface area contributed by atoms with E-state index in [1.165, 1.54) is 6.08 Å². The maximum absolute atomic E-state index is 12.3. The Hall–Kier alpha value is -2.84. The number of amides is 1. The van der Waals surface area contributed by atoms with Crippen molar-refractivity contribution in [1.82, 2.24) is 4.98 Å². The van der Waals surface area contributed by atoms with E-state index in [1.54, 1.807) is 29.5 Å². The summed E-state index contributed by atoms with van der Waals surface area (Å²) in [5.74, 6) is 1.79. The highest BCUT2D eigenvalue weighted by atomic mass is 79.9. The number of thiazole rings is 1. The van der Waals surface area contributed by atoms with Gasteiger partial charge in [0.1, 0.15) is 25.6 Å². The van der Waals surface area contributed by atoms with E-state index in [9.17, 15) is 4.79 Å². The summed E-state index contributed by atoms with van der Waals surface area (Å²) in [6.07, 6.45) is 3.23. The summed E-state index contributed by atoms with van der Waals surface area (Å²) in [7, 11) is 0. The summed E-state index contributed by atoms with van der Waals surface area (Å²) in [4.78, 5) is 16.7. The summed E-state index contributed by atoms with van der Waals surface area (Å²) in [5, 5.41) is 5.86. The molecule has 0 saturated carbocycles. The number of nitrogens with zero attached hydrogens (tertiary/aromatic N) is 1. The Morgan fingerprint density at radius 1 is 1.23 bits per heavy atom. The summed E-state index contributed by atoms with van der Waals surface area (Å²) in [5.41, 5.74) is 2.43. The van der Waals surface area contributed by atoms with Gasteiger partial charge in [0.2, 0.25) is 5.91 Å². The molecule has 2 heterocycles. The highest BCUT2D eigenvalue weighted by molar-refractivity contribution is 9.10. The molecule has 0 saturated heterocycles. The molecule has 0 fully saturated rings. The maximum Gasteiger partial charge on any atom is 0.248 e. The van der Waals surface area contributed by atoms with E-state index in [-0.39, 0.29) is 5.91 Å². The molecule has 3 aromatic rings. The van der Waals surface area contributed by atoms with E-state index in [0.717, 1.165) is 26.5 Å². The minimum absolute atomic E-state index is 0.244. The van der Waals surface area contributed by atoms with Crippen LogP contribution in [0.5, 0.6) is 17.2 Å². The van der Waals surface area contributed by atoms with Gasteiger partial charge in [-0.2, -0.15) is 0 Å². The average Bonchev–Trinajstić information content (AvgIpc) is 3.17. The van der Waals surface area contributed by atoms with Gasteiger partial charge in [-0.15, -0.1) is 11.3 Å². The summed E-state index contributed by atoms with van der Waals surface area (Å²) in [6.45, 7) is 3.41. The van der Waals surface area contributed by atoms with Crippen molar-refractivity contribution in [2.45, 2.75) is 13.5 Å². The number of aromatic nitrogens is 1. The fraction of sp³-hybridized carbons (Fsp3) is 0.182. The average molecular weight is 487 g/mol. The second kappa shape index (κ2) is 9.32. The minimum atomic E-state index is -0.244. The molecule has 30 heavy (non-hydrogen) atoms. The van der Waals surface area contributed by atoms with Crippen molar-refractivity contribution in [3.63, 3.8) is 0 Å². The first-order chi connectivity index (χ1) is 14.6. The largest absolute Gasteiger partial charge is 0.487 e. The van der Waals surface area contributed by atoms with Crippen LogP contribution >= 0.6 is 27.3 Å². The Labute approximate surface area is 186 Å². The zero-order valence-corrected chi connectivity index (χ0v) is 18.6. The lowest BCUT2D eigenvalue weighted by atomic mass is 10.2. The van der Waals surface area contributed by atoms with Crippen molar-refractivity contribution in [3.05, 3.63) is 68.6 Å². The predicted molar refractivity (Wildman–Crippen MR) is 120 cm³/mol. The zero-order valence-electron chi connectivity index (χ0n) is 16.2. The lowest BCUT2D eigenvalue weighted by molar-refractivity contribution is -0.111. The lowest BCUT2D eigenvalue weighted by Gasteiger charge is -2.19. The summed E-state index contributed by atoms with van der Waals surface area (Å²) >= 11 is 5.05. The third-order valence-electron chi connectivity index (χ3n) is 4.25. The van der Waals surface area contributed by atoms with Gasteiger partial charge in [0.05, 0.1) is 16.4 Å². The van der Waals surface area contributed by atoms with Crippen molar-refractivity contribution in [3.8, 4) is 17.2 Å². The molecule has 6 nitrogen and oxygen atoms in total. The van der Waals surface area contributed by atoms with E-state index in [4.69, 9.17) is 14.2 Å². The fourth-order valence-electron chi connectivity index (χ4n) is 2.81. The number of aryl methyl sites for hydroxylation is 1. The number of hydrogen-bond acceptors (Lipinski definition) is 6. The molecule has 1 amide bonds. The van der Waals surface area contributed by atoms with Gasteiger partial charge in [0.15, 0.2) is 11.5 Å². The molecule has 1 aliphatic heterocycles. The van der Waals surface area contributed by atoms with Crippen molar-refractivity contribution in [2.24, 2.45) is 0 Å². The van der Waals surface area contributed by atoms with Gasteiger partial charge in [-0.05, 0) is 46.6 Å². The van der Waals surface area contributed by atoms with Gasteiger partial charge in [-0.1, -0.05) is 12.1 Å². The van der Waals surface area contributed by atoms with Crippen molar-refractivity contribution in [1.29, 1.82) is 0 Å². The number of carbonyl (C=O) groups is 1. The van der Waals surface area contributed by atoms with Crippen LogP contribution in [0.2, 0.25) is 0 Å². The zero-order chi connectivity index (χ0) is 20.9. The van der Waals surface area contributed by atoms with Gasteiger partial charge in [-0.3, -0.25) is 4.79 Å². The molecule has 0 aliphatic carbocycles. The van der Waals surface area contributed by atoms with Gasteiger partial charge in [0, 0.05) is 28.1 Å². The second-order valence-electron chi connectivity index (χ2n) is 6.51. The topological polar surface area (TPSA) is 69.7 Å². The third-order valence-corrected chi connectivity index (χ3v) is 5.73. The maximum atomic E-state index is 12.3. The SMILES string of the molecule is Cc1nc(COc2ccc(/C=C/C(=O)Nc3cc4c(cc3Br)OCCO4)cc2)cs1. The third kappa shape index (κ3) is 5.20. The van der Waals surface area contributed by atoms with Crippen LogP contribution in [0.1, 0.15) is 16.3 Å². The normalized spacial score (nSPS) is 12.7. The van der Waals surface area contributed by atoms with Crippen LogP contribution in [0, 0.1) is 6.92 Å². The standard InChI is InChI=1S/C22H19BrN2O4S/c1-14-24-16(13-30-14)12-29-17-5-2-15(3-6-17)4-7-22(26)25-19-11-21-20(10-18(19)23)27-8-9-28-21/h2-7,10-11,13H,8-9,12H2,1H3,(H,25,26)/b7-4+. The number of benzene rings is 2. The molecular formula is C22H19BrN2O4S. The van der Waals surface area contributed by atoms with Crippen LogP contribution in [0.4, 0.5) is 5.69 Å². The van der Waals surface area contributed by atoms with Crippen LogP contribution in [0.25, 0.3) is 6.08 Å². The van der Waals surface area contributed by atoms with Crippen molar-refractivity contribution in [2.75, 3.05) is 18.5 Å². The van der Waals surface area contributed by atoms with E-state index in [2.05, 4.69) is 26.2 Å². The van der Waals surface area contributed by atoms with Gasteiger partial charge in [0.25, 0.3) is 0 Å². The molecule has 8 heteroatoms. The van der Waals surface area contributed by atoms with Crippen LogP contribution in [0.15, 0.2) is 52.3 Å². The monoisotopic (exact) mass is 486 g/mol. The number of ether oxygens (including phenoxy) is 3. The first-order valence-corrected chi connectivity index (χ1v) is 11.0. The lowest BCUT2D eigenvalue weighted by Crippen LogP contribution is -2.16. The van der Waals surface area contributed by atoms with Gasteiger partial charge < -0.3 is 19.5 Å². The first-order valence-electron chi connectivity index (χ1n) is 9.29. The Morgan fingerprint density at radius 3 is 2.67 bits per heavy atom. The molecule has 1 aromatic heterocycles. The first kappa shape index (κ1) is 20.4. The number of halogens is 1. The number of carbonyl (C=O) groups excluding carboxylic acids is 1. The highest BCUT2D eigenvalue weighted by Crippen LogP contribution is 2.38. The van der Waals surface area contributed by atoms with E-state index in [0.29, 0.717) is 37.0 Å². The van der Waals surface area contributed by atoms with Crippen molar-refractivity contribution >= 4 is 44.9 Å². The molecular weight excluding hydrogens is 468 g/mol. The smallest absolute Gasteiger partial charge is 0.248 e. The molecule has 1 N–H and O–H groups in total. The highest BCUT2D eigenvalue weighted by Gasteiger charge is 2.15. The van der Waals surface area contributed by atoms with E-state index in [1.807, 2.05) is 36.6 Å². The number of rotatable bonds is 6. The number of anilines is 1. The molecule has 0 radical (unpaired) electrons. The van der Waals surface area contributed by atoms with Crippen LogP contribution in [0.3, 0.4) is 0 Å². The van der Waals surface area contributed by atoms with Gasteiger partial charge >= 0.3 is 0 Å².